The molecule has 0 fully saturated rings. The minimum absolute atomic E-state index is 0.0967. The maximum Gasteiger partial charge on any atom is 0.277 e. The smallest absolute Gasteiger partial charge is 0.277 e. The highest BCUT2D eigenvalue weighted by Crippen LogP contribution is 2.19. The van der Waals surface area contributed by atoms with Crippen LogP contribution in [0, 0.1) is 17.0 Å². The lowest BCUT2D eigenvalue weighted by molar-refractivity contribution is -0.385. The largest absolute Gasteiger partial charge is 0.385 e. The zero-order valence-electron chi connectivity index (χ0n) is 10.1. The van der Waals surface area contributed by atoms with E-state index in [1.165, 1.54) is 12.3 Å². The van der Waals surface area contributed by atoms with E-state index in [1.54, 1.807) is 14.0 Å². The summed E-state index contributed by atoms with van der Waals surface area (Å²) in [5.74, 6) is 0.541. The Hall–Kier alpha value is -1.69. The summed E-state index contributed by atoms with van der Waals surface area (Å²) in [6, 6.07) is 1.46. The van der Waals surface area contributed by atoms with Crippen LogP contribution in [0.25, 0.3) is 0 Å². The van der Waals surface area contributed by atoms with Gasteiger partial charge >= 0.3 is 0 Å². The number of methoxy groups -OCH3 is 1. The van der Waals surface area contributed by atoms with Crippen molar-refractivity contribution in [3.05, 3.63) is 27.9 Å². The van der Waals surface area contributed by atoms with Crippen molar-refractivity contribution in [3.63, 3.8) is 0 Å². The molecule has 1 aromatic rings. The molecule has 6 heteroatoms. The molecule has 0 radical (unpaired) electrons. The van der Waals surface area contributed by atoms with Crippen LogP contribution in [-0.4, -0.2) is 30.2 Å². The van der Waals surface area contributed by atoms with Crippen LogP contribution >= 0.6 is 0 Å². The summed E-state index contributed by atoms with van der Waals surface area (Å²) in [7, 11) is 1.66. The number of nitrogens with one attached hydrogen (secondary N) is 1. The van der Waals surface area contributed by atoms with E-state index in [0.717, 1.165) is 26.0 Å². The summed E-state index contributed by atoms with van der Waals surface area (Å²) in [6.45, 7) is 3.13. The minimum atomic E-state index is -0.396. The van der Waals surface area contributed by atoms with Gasteiger partial charge in [0.15, 0.2) is 0 Å². The fraction of sp³-hybridized carbons (Fsp3) is 0.545. The second kappa shape index (κ2) is 6.80. The molecule has 0 aliphatic carbocycles. The first-order chi connectivity index (χ1) is 8.15. The van der Waals surface area contributed by atoms with Crippen LogP contribution in [0.3, 0.4) is 0 Å². The van der Waals surface area contributed by atoms with E-state index < -0.39 is 4.92 Å². The van der Waals surface area contributed by atoms with Gasteiger partial charge in [-0.2, -0.15) is 0 Å². The average Bonchev–Trinajstić information content (AvgIpc) is 2.30. The summed E-state index contributed by atoms with van der Waals surface area (Å²) >= 11 is 0. The molecular formula is C11H17N3O3. The molecule has 1 heterocycles. The van der Waals surface area contributed by atoms with Gasteiger partial charge in [0, 0.05) is 32.0 Å². The van der Waals surface area contributed by atoms with E-state index in [-0.39, 0.29) is 5.69 Å². The maximum atomic E-state index is 10.7. The summed E-state index contributed by atoms with van der Waals surface area (Å²) < 4.78 is 4.93. The van der Waals surface area contributed by atoms with Crippen molar-refractivity contribution in [2.24, 2.45) is 0 Å². The average molecular weight is 239 g/mol. The summed E-state index contributed by atoms with van der Waals surface area (Å²) in [4.78, 5) is 14.4. The molecule has 0 amide bonds. The van der Waals surface area contributed by atoms with Crippen molar-refractivity contribution in [2.75, 3.05) is 25.6 Å². The fourth-order valence-corrected chi connectivity index (χ4v) is 1.39. The molecule has 0 aliphatic heterocycles. The standard InChI is InChI=1S/C11H17N3O3/c1-9-8-13-11(7-10(9)14(15)16)12-5-3-4-6-17-2/h7-8H,3-6H2,1-2H3,(H,12,13). The van der Waals surface area contributed by atoms with Crippen molar-refractivity contribution >= 4 is 11.5 Å². The highest BCUT2D eigenvalue weighted by atomic mass is 16.6. The first-order valence-electron chi connectivity index (χ1n) is 5.49. The number of nitrogens with zero attached hydrogens (tertiary/aromatic N) is 2. The molecule has 1 rings (SSSR count). The van der Waals surface area contributed by atoms with Gasteiger partial charge in [-0.05, 0) is 19.8 Å². The number of aromatic nitrogens is 1. The second-order valence-electron chi connectivity index (χ2n) is 3.74. The Balaban J connectivity index is 2.49. The van der Waals surface area contributed by atoms with E-state index >= 15 is 0 Å². The van der Waals surface area contributed by atoms with Crippen LogP contribution in [0.15, 0.2) is 12.3 Å². The van der Waals surface area contributed by atoms with Crippen molar-refractivity contribution < 1.29 is 9.66 Å². The van der Waals surface area contributed by atoms with Gasteiger partial charge in [0.25, 0.3) is 5.69 Å². The molecule has 17 heavy (non-hydrogen) atoms. The Morgan fingerprint density at radius 1 is 1.53 bits per heavy atom. The van der Waals surface area contributed by atoms with Gasteiger partial charge < -0.3 is 10.1 Å². The number of anilines is 1. The molecule has 0 aromatic carbocycles. The Kier molecular flexibility index (Phi) is 5.35. The van der Waals surface area contributed by atoms with Crippen LogP contribution in [0.2, 0.25) is 0 Å². The SMILES string of the molecule is COCCCCNc1cc([N+](=O)[O-])c(C)cn1. The quantitative estimate of drug-likeness (QED) is 0.448. The van der Waals surface area contributed by atoms with Gasteiger partial charge in [-0.25, -0.2) is 4.98 Å². The normalized spacial score (nSPS) is 10.2. The van der Waals surface area contributed by atoms with Crippen molar-refractivity contribution in [2.45, 2.75) is 19.8 Å². The zero-order valence-corrected chi connectivity index (χ0v) is 10.1. The van der Waals surface area contributed by atoms with Crippen LogP contribution in [-0.2, 0) is 4.74 Å². The second-order valence-corrected chi connectivity index (χ2v) is 3.74. The zero-order chi connectivity index (χ0) is 12.7. The maximum absolute atomic E-state index is 10.7. The fourth-order valence-electron chi connectivity index (χ4n) is 1.39. The number of pyridine rings is 1. The topological polar surface area (TPSA) is 77.3 Å². The first-order valence-corrected chi connectivity index (χ1v) is 5.49. The lowest BCUT2D eigenvalue weighted by atomic mass is 10.2. The van der Waals surface area contributed by atoms with Crippen LogP contribution in [0.5, 0.6) is 0 Å². The minimum Gasteiger partial charge on any atom is -0.385 e. The van der Waals surface area contributed by atoms with Crippen LogP contribution in [0.4, 0.5) is 11.5 Å². The summed E-state index contributed by atoms with van der Waals surface area (Å²) in [5.41, 5.74) is 0.666. The van der Waals surface area contributed by atoms with Crippen molar-refractivity contribution in [1.29, 1.82) is 0 Å². The molecule has 1 N–H and O–H groups in total. The molecule has 1 aromatic heterocycles. The number of hydrogen-bond donors (Lipinski definition) is 1. The van der Waals surface area contributed by atoms with Gasteiger partial charge in [-0.1, -0.05) is 0 Å². The number of ether oxygens (including phenoxy) is 1. The van der Waals surface area contributed by atoms with E-state index in [0.29, 0.717) is 11.4 Å². The van der Waals surface area contributed by atoms with Crippen molar-refractivity contribution in [3.8, 4) is 0 Å². The number of rotatable bonds is 7. The van der Waals surface area contributed by atoms with Gasteiger partial charge in [-0.15, -0.1) is 0 Å². The molecule has 0 bridgehead atoms. The molecule has 0 aliphatic rings. The Morgan fingerprint density at radius 2 is 2.29 bits per heavy atom. The molecule has 94 valence electrons. The van der Waals surface area contributed by atoms with Crippen LogP contribution in [0.1, 0.15) is 18.4 Å². The van der Waals surface area contributed by atoms with E-state index in [9.17, 15) is 10.1 Å². The Bertz CT molecular complexity index is 382. The first kappa shape index (κ1) is 13.4. The molecule has 0 saturated carbocycles. The molecular weight excluding hydrogens is 222 g/mol. The summed E-state index contributed by atoms with van der Waals surface area (Å²) in [6.07, 6.45) is 3.41. The Labute approximate surface area is 100 Å². The van der Waals surface area contributed by atoms with Gasteiger partial charge in [0.1, 0.15) is 5.82 Å². The number of unbranched alkanes of at least 4 members (excludes halogenated alkanes) is 1. The highest BCUT2D eigenvalue weighted by Gasteiger charge is 2.11. The predicted octanol–water partition coefficient (Wildman–Crippen LogP) is 2.14. The molecule has 0 atom stereocenters. The van der Waals surface area contributed by atoms with Gasteiger partial charge in [0.2, 0.25) is 0 Å². The third kappa shape index (κ3) is 4.36. The monoisotopic (exact) mass is 239 g/mol. The third-order valence-electron chi connectivity index (χ3n) is 2.35. The lowest BCUT2D eigenvalue weighted by Crippen LogP contribution is -2.05. The van der Waals surface area contributed by atoms with E-state index in [1.807, 2.05) is 0 Å². The molecule has 6 nitrogen and oxygen atoms in total. The summed E-state index contributed by atoms with van der Waals surface area (Å²) in [5, 5.41) is 13.8. The number of aryl methyl sites for hydroxylation is 1. The third-order valence-corrected chi connectivity index (χ3v) is 2.35. The molecule has 0 saturated heterocycles. The van der Waals surface area contributed by atoms with Crippen LogP contribution < -0.4 is 5.32 Å². The van der Waals surface area contributed by atoms with Crippen molar-refractivity contribution in [1.82, 2.24) is 4.98 Å². The van der Waals surface area contributed by atoms with E-state index in [2.05, 4.69) is 10.3 Å². The number of hydrogen-bond acceptors (Lipinski definition) is 5. The van der Waals surface area contributed by atoms with Gasteiger partial charge in [0.05, 0.1) is 11.0 Å². The highest BCUT2D eigenvalue weighted by molar-refractivity contribution is 5.48. The predicted molar refractivity (Wildman–Crippen MR) is 65.2 cm³/mol. The van der Waals surface area contributed by atoms with Gasteiger partial charge in [-0.3, -0.25) is 10.1 Å². The van der Waals surface area contributed by atoms with E-state index in [4.69, 9.17) is 4.74 Å². The lowest BCUT2D eigenvalue weighted by Gasteiger charge is -2.05. The molecule has 0 unspecified atom stereocenters. The molecule has 0 spiro atoms. The number of nitro groups is 1. The Morgan fingerprint density at radius 3 is 2.94 bits per heavy atom.